The number of hydrogen-bond acceptors (Lipinski definition) is 2. The maximum atomic E-state index is 3.48. The van der Waals surface area contributed by atoms with Crippen LogP contribution in [0.2, 0.25) is 0 Å². The quantitative estimate of drug-likeness (QED) is 0.764. The van der Waals surface area contributed by atoms with Crippen LogP contribution in [0.25, 0.3) is 10.4 Å². The predicted octanol–water partition coefficient (Wildman–Crippen LogP) is 4.99. The van der Waals surface area contributed by atoms with E-state index in [1.54, 1.807) is 0 Å². The van der Waals surface area contributed by atoms with E-state index in [1.807, 2.05) is 11.3 Å². The molecule has 0 unspecified atom stereocenters. The van der Waals surface area contributed by atoms with Gasteiger partial charge in [-0.3, -0.25) is 0 Å². The molecule has 18 heavy (non-hydrogen) atoms. The third-order valence-electron chi connectivity index (χ3n) is 2.99. The largest absolute Gasteiger partial charge is 0.313 e. The predicted molar refractivity (Wildman–Crippen MR) is 84.2 cm³/mol. The second-order valence-corrected chi connectivity index (χ2v) is 6.19. The summed E-state index contributed by atoms with van der Waals surface area (Å²) in [5.41, 5.74) is 4.14. The van der Waals surface area contributed by atoms with Crippen LogP contribution < -0.4 is 5.32 Å². The number of benzene rings is 1. The third kappa shape index (κ3) is 3.22. The first-order chi connectivity index (χ1) is 8.72. The minimum atomic E-state index is 0.979. The first-order valence-corrected chi connectivity index (χ1v) is 7.93. The van der Waals surface area contributed by atoms with Crippen LogP contribution in [0.3, 0.4) is 0 Å². The van der Waals surface area contributed by atoms with Crippen molar-refractivity contribution in [3.63, 3.8) is 0 Å². The van der Waals surface area contributed by atoms with Gasteiger partial charge in [-0.05, 0) is 54.1 Å². The van der Waals surface area contributed by atoms with E-state index in [4.69, 9.17) is 0 Å². The van der Waals surface area contributed by atoms with Crippen molar-refractivity contribution in [2.45, 2.75) is 26.8 Å². The molecule has 1 aromatic heterocycles. The zero-order chi connectivity index (χ0) is 13.0. The summed E-state index contributed by atoms with van der Waals surface area (Å²) in [5.74, 6) is 0. The summed E-state index contributed by atoms with van der Waals surface area (Å²) in [6.45, 7) is 6.48. The van der Waals surface area contributed by atoms with Crippen LogP contribution in [0.15, 0.2) is 34.1 Å². The minimum absolute atomic E-state index is 0.979. The zero-order valence-electron chi connectivity index (χ0n) is 10.8. The Balaban J connectivity index is 2.17. The number of nitrogens with one attached hydrogen (secondary N) is 1. The maximum absolute atomic E-state index is 3.48. The van der Waals surface area contributed by atoms with Crippen LogP contribution in [0.4, 0.5) is 0 Å². The zero-order valence-corrected chi connectivity index (χ0v) is 13.2. The van der Waals surface area contributed by atoms with Crippen molar-refractivity contribution >= 4 is 27.3 Å². The molecule has 0 fully saturated rings. The molecule has 1 heterocycles. The third-order valence-corrected chi connectivity index (χ3v) is 4.70. The molecule has 0 radical (unpaired) electrons. The summed E-state index contributed by atoms with van der Waals surface area (Å²) in [6.07, 6.45) is 1.18. The van der Waals surface area contributed by atoms with Crippen LogP contribution in [0.1, 0.15) is 24.5 Å². The molecule has 3 heteroatoms. The molecular formula is C15H18BrNS. The van der Waals surface area contributed by atoms with E-state index >= 15 is 0 Å². The van der Waals surface area contributed by atoms with Crippen LogP contribution in [-0.4, -0.2) is 6.54 Å². The minimum Gasteiger partial charge on any atom is -0.313 e. The van der Waals surface area contributed by atoms with Gasteiger partial charge in [0.25, 0.3) is 0 Å². The van der Waals surface area contributed by atoms with Gasteiger partial charge in [0.15, 0.2) is 0 Å². The lowest BCUT2D eigenvalue weighted by atomic mass is 10.1. The van der Waals surface area contributed by atoms with E-state index in [2.05, 4.69) is 64.7 Å². The highest BCUT2D eigenvalue weighted by Crippen LogP contribution is 2.32. The van der Waals surface area contributed by atoms with Gasteiger partial charge in [0, 0.05) is 15.9 Å². The molecule has 0 spiro atoms. The smallest absolute Gasteiger partial charge is 0.0375 e. The van der Waals surface area contributed by atoms with Gasteiger partial charge in [0.2, 0.25) is 0 Å². The summed E-state index contributed by atoms with van der Waals surface area (Å²) < 4.78 is 1.13. The average molecular weight is 324 g/mol. The second-order valence-electron chi connectivity index (χ2n) is 4.40. The molecule has 2 aromatic rings. The van der Waals surface area contributed by atoms with Gasteiger partial charge in [0.1, 0.15) is 0 Å². The molecule has 0 amide bonds. The number of rotatable bonds is 5. The van der Waals surface area contributed by atoms with E-state index in [0.29, 0.717) is 0 Å². The van der Waals surface area contributed by atoms with Crippen LogP contribution in [0.5, 0.6) is 0 Å². The van der Waals surface area contributed by atoms with Gasteiger partial charge in [-0.2, -0.15) is 0 Å². The fourth-order valence-corrected chi connectivity index (χ4v) is 3.28. The Morgan fingerprint density at radius 2 is 1.94 bits per heavy atom. The molecule has 2 rings (SSSR count). The molecule has 0 saturated heterocycles. The van der Waals surface area contributed by atoms with Crippen molar-refractivity contribution in [3.8, 4) is 10.4 Å². The van der Waals surface area contributed by atoms with Gasteiger partial charge in [0.05, 0.1) is 0 Å². The van der Waals surface area contributed by atoms with E-state index in [9.17, 15) is 0 Å². The highest BCUT2D eigenvalue weighted by atomic mass is 79.9. The summed E-state index contributed by atoms with van der Waals surface area (Å²) in [7, 11) is 0. The SMILES string of the molecule is CCCNCc1csc(-c2ccc(Br)cc2)c1C. The monoisotopic (exact) mass is 323 g/mol. The molecule has 1 nitrogen and oxygen atoms in total. The number of thiophene rings is 1. The molecular weight excluding hydrogens is 306 g/mol. The topological polar surface area (TPSA) is 12.0 Å². The lowest BCUT2D eigenvalue weighted by Crippen LogP contribution is -2.13. The highest BCUT2D eigenvalue weighted by molar-refractivity contribution is 9.10. The van der Waals surface area contributed by atoms with Crippen molar-refractivity contribution in [1.29, 1.82) is 0 Å². The van der Waals surface area contributed by atoms with Gasteiger partial charge in [-0.25, -0.2) is 0 Å². The Morgan fingerprint density at radius 3 is 2.61 bits per heavy atom. The second kappa shape index (κ2) is 6.50. The lowest BCUT2D eigenvalue weighted by molar-refractivity contribution is 0.675. The summed E-state index contributed by atoms with van der Waals surface area (Å²) >= 11 is 5.32. The number of hydrogen-bond donors (Lipinski definition) is 1. The van der Waals surface area contributed by atoms with E-state index < -0.39 is 0 Å². The Kier molecular flexibility index (Phi) is 4.98. The summed E-state index contributed by atoms with van der Waals surface area (Å²) in [6, 6.07) is 8.55. The fourth-order valence-electron chi connectivity index (χ4n) is 1.91. The first-order valence-electron chi connectivity index (χ1n) is 6.26. The normalized spacial score (nSPS) is 10.8. The summed E-state index contributed by atoms with van der Waals surface area (Å²) in [5, 5.41) is 5.74. The molecule has 0 aliphatic heterocycles. The highest BCUT2D eigenvalue weighted by Gasteiger charge is 2.08. The Morgan fingerprint density at radius 1 is 1.22 bits per heavy atom. The van der Waals surface area contributed by atoms with Gasteiger partial charge in [-0.1, -0.05) is 35.0 Å². The first kappa shape index (κ1) is 13.8. The van der Waals surface area contributed by atoms with Gasteiger partial charge in [-0.15, -0.1) is 11.3 Å². The van der Waals surface area contributed by atoms with Crippen LogP contribution >= 0.6 is 27.3 Å². The van der Waals surface area contributed by atoms with Gasteiger partial charge >= 0.3 is 0 Å². The maximum Gasteiger partial charge on any atom is 0.0375 e. The van der Waals surface area contributed by atoms with Crippen molar-refractivity contribution in [2.75, 3.05) is 6.54 Å². The molecule has 0 bridgehead atoms. The molecule has 0 aliphatic rings. The Labute approximate surface area is 121 Å². The summed E-state index contributed by atoms with van der Waals surface area (Å²) in [4.78, 5) is 1.38. The van der Waals surface area contributed by atoms with Crippen molar-refractivity contribution in [3.05, 3.63) is 45.2 Å². The van der Waals surface area contributed by atoms with E-state index in [1.165, 1.54) is 28.0 Å². The molecule has 0 saturated carbocycles. The van der Waals surface area contributed by atoms with Gasteiger partial charge < -0.3 is 5.32 Å². The molecule has 1 N–H and O–H groups in total. The van der Waals surface area contributed by atoms with Crippen molar-refractivity contribution < 1.29 is 0 Å². The van der Waals surface area contributed by atoms with Crippen LogP contribution in [0, 0.1) is 6.92 Å². The average Bonchev–Trinajstić information content (AvgIpc) is 2.73. The van der Waals surface area contributed by atoms with Crippen LogP contribution in [-0.2, 0) is 6.54 Å². The molecule has 0 aliphatic carbocycles. The molecule has 96 valence electrons. The van der Waals surface area contributed by atoms with E-state index in [0.717, 1.165) is 17.6 Å². The lowest BCUT2D eigenvalue weighted by Gasteiger charge is -2.04. The van der Waals surface area contributed by atoms with E-state index in [-0.39, 0.29) is 0 Å². The van der Waals surface area contributed by atoms with Crippen molar-refractivity contribution in [2.24, 2.45) is 0 Å². The molecule has 0 atom stereocenters. The molecule has 1 aromatic carbocycles. The standard InChI is InChI=1S/C15H18BrNS/c1-3-8-17-9-13-10-18-15(11(13)2)12-4-6-14(16)7-5-12/h4-7,10,17H,3,8-9H2,1-2H3. The Bertz CT molecular complexity index is 502. The van der Waals surface area contributed by atoms with Crippen molar-refractivity contribution in [1.82, 2.24) is 5.32 Å². The fraction of sp³-hybridized carbons (Fsp3) is 0.333. The Hall–Kier alpha value is -0.640. The number of halogens is 1.